The van der Waals surface area contributed by atoms with Gasteiger partial charge in [0.15, 0.2) is 0 Å². The third-order valence-electron chi connectivity index (χ3n) is 3.27. The molecule has 0 spiro atoms. The van der Waals surface area contributed by atoms with Crippen molar-refractivity contribution >= 4 is 17.6 Å². The van der Waals surface area contributed by atoms with Gasteiger partial charge in [-0.15, -0.1) is 0 Å². The maximum atomic E-state index is 12.1. The maximum Gasteiger partial charge on any atom is 0.343 e. The fraction of sp³-hybridized carbons (Fsp3) is 0.0588. The number of rotatable bonds is 3. The molecule has 0 unspecified atom stereocenters. The van der Waals surface area contributed by atoms with Gasteiger partial charge in [-0.05, 0) is 12.1 Å². The van der Waals surface area contributed by atoms with Gasteiger partial charge in [0.05, 0.1) is 12.8 Å². The molecule has 0 radical (unpaired) electrons. The predicted octanol–water partition coefficient (Wildman–Crippen LogP) is 3.98. The highest BCUT2D eigenvalue weighted by Gasteiger charge is 2.25. The lowest BCUT2D eigenvalue weighted by Gasteiger charge is -2.02. The van der Waals surface area contributed by atoms with Crippen LogP contribution in [0, 0.1) is 0 Å². The van der Waals surface area contributed by atoms with Crippen molar-refractivity contribution in [1.82, 2.24) is 9.78 Å². The van der Waals surface area contributed by atoms with Crippen LogP contribution in [0.2, 0.25) is 5.15 Å². The Kier molecular flexibility index (Phi) is 3.94. The number of hydrogen-bond donors (Lipinski definition) is 0. The summed E-state index contributed by atoms with van der Waals surface area (Å²) >= 11 is 6.39. The summed E-state index contributed by atoms with van der Waals surface area (Å²) in [5.41, 5.74) is 2.35. The molecule has 3 aromatic rings. The van der Waals surface area contributed by atoms with Crippen LogP contribution in [0.5, 0.6) is 0 Å². The number of halogens is 1. The third-order valence-corrected chi connectivity index (χ3v) is 3.62. The molecular formula is C17H13ClN2O2. The number of para-hydroxylation sites is 1. The van der Waals surface area contributed by atoms with Crippen molar-refractivity contribution in [1.29, 1.82) is 0 Å². The lowest BCUT2D eigenvalue weighted by Crippen LogP contribution is -2.03. The van der Waals surface area contributed by atoms with Crippen LogP contribution in [-0.2, 0) is 4.74 Å². The first kappa shape index (κ1) is 14.4. The smallest absolute Gasteiger partial charge is 0.343 e. The number of methoxy groups -OCH3 is 1. The van der Waals surface area contributed by atoms with Crippen LogP contribution >= 0.6 is 11.6 Å². The van der Waals surface area contributed by atoms with Crippen LogP contribution in [0.3, 0.4) is 0 Å². The van der Waals surface area contributed by atoms with Gasteiger partial charge in [0.2, 0.25) is 0 Å². The van der Waals surface area contributed by atoms with Gasteiger partial charge in [-0.3, -0.25) is 0 Å². The van der Waals surface area contributed by atoms with E-state index in [1.54, 1.807) is 0 Å². The highest BCUT2D eigenvalue weighted by Crippen LogP contribution is 2.31. The molecule has 0 N–H and O–H groups in total. The first-order valence-electron chi connectivity index (χ1n) is 6.70. The Morgan fingerprint density at radius 3 is 2.23 bits per heavy atom. The summed E-state index contributed by atoms with van der Waals surface area (Å²) in [6.45, 7) is 0. The molecule has 5 heteroatoms. The minimum atomic E-state index is -0.508. The molecule has 3 rings (SSSR count). The van der Waals surface area contributed by atoms with E-state index in [0.29, 0.717) is 5.69 Å². The summed E-state index contributed by atoms with van der Waals surface area (Å²) in [7, 11) is 1.33. The number of benzene rings is 2. The maximum absolute atomic E-state index is 12.1. The minimum Gasteiger partial charge on any atom is -0.465 e. The number of carbonyl (C=O) groups is 1. The second kappa shape index (κ2) is 6.03. The summed E-state index contributed by atoms with van der Waals surface area (Å²) in [6.07, 6.45) is 0. The minimum absolute atomic E-state index is 0.233. The van der Waals surface area contributed by atoms with Crippen molar-refractivity contribution < 1.29 is 9.53 Å². The highest BCUT2D eigenvalue weighted by atomic mass is 35.5. The first-order valence-corrected chi connectivity index (χ1v) is 7.08. The predicted molar refractivity (Wildman–Crippen MR) is 85.3 cm³/mol. The van der Waals surface area contributed by atoms with Crippen molar-refractivity contribution in [2.45, 2.75) is 0 Å². The number of esters is 1. The number of carbonyl (C=O) groups excluding carboxylic acids is 1. The fourth-order valence-electron chi connectivity index (χ4n) is 2.22. The Morgan fingerprint density at radius 2 is 1.64 bits per heavy atom. The van der Waals surface area contributed by atoms with E-state index in [2.05, 4.69) is 5.10 Å². The Balaban J connectivity index is 2.23. The Bertz CT molecular complexity index is 798. The molecule has 0 bridgehead atoms. The van der Waals surface area contributed by atoms with E-state index in [9.17, 15) is 4.79 Å². The van der Waals surface area contributed by atoms with E-state index in [0.717, 1.165) is 11.3 Å². The Hall–Kier alpha value is -2.59. The molecule has 0 saturated carbocycles. The lowest BCUT2D eigenvalue weighted by atomic mass is 10.1. The molecule has 4 nitrogen and oxygen atoms in total. The standard InChI is InChI=1S/C17H13ClN2O2/c1-22-17(21)14-15(12-8-4-2-5-9-12)19-20(16(14)18)13-10-6-3-7-11-13/h2-11H,1H3. The van der Waals surface area contributed by atoms with E-state index >= 15 is 0 Å². The van der Waals surface area contributed by atoms with E-state index in [1.165, 1.54) is 11.8 Å². The van der Waals surface area contributed by atoms with E-state index in [4.69, 9.17) is 16.3 Å². The van der Waals surface area contributed by atoms with Gasteiger partial charge in [0.25, 0.3) is 0 Å². The van der Waals surface area contributed by atoms with Gasteiger partial charge in [-0.2, -0.15) is 5.10 Å². The number of aromatic nitrogens is 2. The van der Waals surface area contributed by atoms with Crippen LogP contribution in [0.15, 0.2) is 60.7 Å². The summed E-state index contributed by atoms with van der Waals surface area (Å²) in [5, 5.41) is 4.74. The van der Waals surface area contributed by atoms with Crippen molar-refractivity contribution in [2.75, 3.05) is 7.11 Å². The van der Waals surface area contributed by atoms with Crippen LogP contribution in [0.1, 0.15) is 10.4 Å². The topological polar surface area (TPSA) is 44.1 Å². The molecule has 0 amide bonds. The van der Waals surface area contributed by atoms with Gasteiger partial charge in [0, 0.05) is 5.56 Å². The second-order valence-electron chi connectivity index (χ2n) is 4.62. The third kappa shape index (κ3) is 2.49. The van der Waals surface area contributed by atoms with Crippen LogP contribution in [-0.4, -0.2) is 22.9 Å². The molecule has 110 valence electrons. The molecule has 1 aromatic heterocycles. The average Bonchev–Trinajstić information content (AvgIpc) is 2.93. The molecule has 0 atom stereocenters. The molecule has 0 aliphatic rings. The number of nitrogens with zero attached hydrogens (tertiary/aromatic N) is 2. The van der Waals surface area contributed by atoms with Gasteiger partial charge in [-0.25, -0.2) is 9.48 Å². The van der Waals surface area contributed by atoms with Gasteiger partial charge in [0.1, 0.15) is 16.4 Å². The lowest BCUT2D eigenvalue weighted by molar-refractivity contribution is 0.0602. The zero-order chi connectivity index (χ0) is 15.5. The van der Waals surface area contributed by atoms with Crippen LogP contribution in [0.4, 0.5) is 0 Å². The van der Waals surface area contributed by atoms with Crippen molar-refractivity contribution in [3.63, 3.8) is 0 Å². The fourth-order valence-corrected chi connectivity index (χ4v) is 2.52. The Morgan fingerprint density at radius 1 is 1.05 bits per heavy atom. The zero-order valence-corrected chi connectivity index (χ0v) is 12.6. The van der Waals surface area contributed by atoms with Crippen molar-refractivity contribution in [3.05, 3.63) is 71.4 Å². The molecule has 22 heavy (non-hydrogen) atoms. The molecular weight excluding hydrogens is 300 g/mol. The quantitative estimate of drug-likeness (QED) is 0.687. The summed E-state index contributed by atoms with van der Waals surface area (Å²) in [4.78, 5) is 12.1. The van der Waals surface area contributed by atoms with Gasteiger partial charge >= 0.3 is 5.97 Å². The van der Waals surface area contributed by atoms with E-state index in [1.807, 2.05) is 60.7 Å². The molecule has 0 aliphatic carbocycles. The molecule has 0 fully saturated rings. The highest BCUT2D eigenvalue weighted by molar-refractivity contribution is 6.33. The Labute approximate surface area is 132 Å². The number of ether oxygens (including phenoxy) is 1. The summed E-state index contributed by atoms with van der Waals surface area (Å²) < 4.78 is 6.39. The monoisotopic (exact) mass is 312 g/mol. The van der Waals surface area contributed by atoms with Gasteiger partial charge in [-0.1, -0.05) is 60.1 Å². The molecule has 0 aliphatic heterocycles. The summed E-state index contributed by atoms with van der Waals surface area (Å²) in [6, 6.07) is 18.8. The van der Waals surface area contributed by atoms with Crippen molar-refractivity contribution in [3.8, 4) is 16.9 Å². The molecule has 1 heterocycles. The van der Waals surface area contributed by atoms with Crippen molar-refractivity contribution in [2.24, 2.45) is 0 Å². The zero-order valence-electron chi connectivity index (χ0n) is 11.9. The van der Waals surface area contributed by atoms with Crippen LogP contribution < -0.4 is 0 Å². The van der Waals surface area contributed by atoms with E-state index < -0.39 is 5.97 Å². The molecule has 0 saturated heterocycles. The SMILES string of the molecule is COC(=O)c1c(-c2ccccc2)nn(-c2ccccc2)c1Cl. The summed E-state index contributed by atoms with van der Waals surface area (Å²) in [5.74, 6) is -0.508. The largest absolute Gasteiger partial charge is 0.465 e. The second-order valence-corrected chi connectivity index (χ2v) is 4.98. The molecule has 2 aromatic carbocycles. The average molecular weight is 313 g/mol. The number of hydrogen-bond acceptors (Lipinski definition) is 3. The van der Waals surface area contributed by atoms with E-state index in [-0.39, 0.29) is 10.7 Å². The van der Waals surface area contributed by atoms with Gasteiger partial charge < -0.3 is 4.74 Å². The first-order chi connectivity index (χ1) is 10.7. The van der Waals surface area contributed by atoms with Crippen LogP contribution in [0.25, 0.3) is 16.9 Å². The normalized spacial score (nSPS) is 10.5.